The summed E-state index contributed by atoms with van der Waals surface area (Å²) in [5.41, 5.74) is 9.69. The third-order valence-electron chi connectivity index (χ3n) is 5.01. The van der Waals surface area contributed by atoms with Gasteiger partial charge >= 0.3 is 0 Å². The van der Waals surface area contributed by atoms with Crippen LogP contribution in [0.3, 0.4) is 0 Å². The highest BCUT2D eigenvalue weighted by molar-refractivity contribution is 5.85. The molecule has 1 aliphatic heterocycles. The SMILES string of the molecule is Cc1cc2c(cc1C)OC(c1nc(C3(N)CCCC3)no1)C2.Cl. The minimum absolute atomic E-state index is 0. The lowest BCUT2D eigenvalue weighted by molar-refractivity contribution is 0.183. The number of hydrogen-bond donors (Lipinski definition) is 1. The summed E-state index contributed by atoms with van der Waals surface area (Å²) in [5, 5.41) is 4.12. The van der Waals surface area contributed by atoms with Crippen molar-refractivity contribution in [1.82, 2.24) is 10.1 Å². The number of benzene rings is 1. The Kier molecular flexibility index (Phi) is 4.10. The first-order valence-corrected chi connectivity index (χ1v) is 7.95. The summed E-state index contributed by atoms with van der Waals surface area (Å²) < 4.78 is 11.5. The normalized spacial score (nSPS) is 21.6. The molecule has 23 heavy (non-hydrogen) atoms. The van der Waals surface area contributed by atoms with E-state index in [0.717, 1.165) is 37.9 Å². The molecule has 2 aliphatic rings. The van der Waals surface area contributed by atoms with Crippen molar-refractivity contribution in [3.8, 4) is 5.75 Å². The number of fused-ring (bicyclic) bond motifs is 1. The molecule has 2 heterocycles. The van der Waals surface area contributed by atoms with E-state index in [9.17, 15) is 0 Å². The minimum atomic E-state index is -0.416. The maximum Gasteiger partial charge on any atom is 0.268 e. The van der Waals surface area contributed by atoms with E-state index in [2.05, 4.69) is 36.1 Å². The molecular weight excluding hydrogens is 314 g/mol. The fourth-order valence-electron chi connectivity index (χ4n) is 3.45. The van der Waals surface area contributed by atoms with Gasteiger partial charge in [-0.3, -0.25) is 0 Å². The lowest BCUT2D eigenvalue weighted by Crippen LogP contribution is -2.34. The number of halogens is 1. The quantitative estimate of drug-likeness (QED) is 0.909. The predicted molar refractivity (Wildman–Crippen MR) is 88.9 cm³/mol. The Morgan fingerprint density at radius 2 is 1.87 bits per heavy atom. The number of nitrogens with zero attached hydrogens (tertiary/aromatic N) is 2. The predicted octanol–water partition coefficient (Wildman–Crippen LogP) is 3.51. The van der Waals surface area contributed by atoms with Crippen LogP contribution in [0.1, 0.15) is 60.2 Å². The average Bonchev–Trinajstić information content (AvgIpc) is 3.18. The lowest BCUT2D eigenvalue weighted by Gasteiger charge is -2.17. The Balaban J connectivity index is 0.00000156. The zero-order valence-electron chi connectivity index (χ0n) is 13.5. The molecular formula is C17H22ClN3O2. The molecule has 0 radical (unpaired) electrons. The van der Waals surface area contributed by atoms with E-state index in [1.54, 1.807) is 0 Å². The molecule has 124 valence electrons. The number of aromatic nitrogens is 2. The highest BCUT2D eigenvalue weighted by atomic mass is 35.5. The van der Waals surface area contributed by atoms with Crippen molar-refractivity contribution in [2.45, 2.75) is 57.6 Å². The first-order valence-electron chi connectivity index (χ1n) is 7.95. The highest BCUT2D eigenvalue weighted by Crippen LogP contribution is 2.39. The number of ether oxygens (including phenoxy) is 1. The summed E-state index contributed by atoms with van der Waals surface area (Å²) in [4.78, 5) is 4.55. The summed E-state index contributed by atoms with van der Waals surface area (Å²) in [6.45, 7) is 4.21. The molecule has 1 saturated carbocycles. The fourth-order valence-corrected chi connectivity index (χ4v) is 3.45. The maximum atomic E-state index is 6.39. The molecule has 2 N–H and O–H groups in total. The first-order chi connectivity index (χ1) is 10.5. The monoisotopic (exact) mass is 335 g/mol. The third kappa shape index (κ3) is 2.72. The molecule has 0 saturated heterocycles. The Hall–Kier alpha value is -1.59. The van der Waals surface area contributed by atoms with E-state index in [1.165, 1.54) is 16.7 Å². The van der Waals surface area contributed by atoms with Gasteiger partial charge in [0, 0.05) is 6.42 Å². The molecule has 1 aromatic carbocycles. The maximum absolute atomic E-state index is 6.39. The molecule has 6 heteroatoms. The van der Waals surface area contributed by atoms with Crippen molar-refractivity contribution in [3.05, 3.63) is 40.5 Å². The second kappa shape index (κ2) is 5.80. The van der Waals surface area contributed by atoms with Gasteiger partial charge in [-0.2, -0.15) is 4.98 Å². The molecule has 0 spiro atoms. The Labute approximate surface area is 142 Å². The standard InChI is InChI=1S/C17H21N3O2.ClH/c1-10-7-12-9-14(21-13(12)8-11(10)2)15-19-16(20-22-15)17(18)5-3-4-6-17;/h7-8,14H,3-6,9,18H2,1-2H3;1H. The van der Waals surface area contributed by atoms with Crippen LogP contribution in [0.15, 0.2) is 16.7 Å². The summed E-state index contributed by atoms with van der Waals surface area (Å²) in [6, 6.07) is 4.27. The van der Waals surface area contributed by atoms with Gasteiger partial charge in [0.15, 0.2) is 11.9 Å². The molecule has 1 unspecified atom stereocenters. The highest BCUT2D eigenvalue weighted by Gasteiger charge is 2.38. The molecule has 0 amide bonds. The minimum Gasteiger partial charge on any atom is -0.480 e. The second-order valence-electron chi connectivity index (χ2n) is 6.67. The molecule has 1 atom stereocenters. The van der Waals surface area contributed by atoms with Crippen LogP contribution in [0.2, 0.25) is 0 Å². The smallest absolute Gasteiger partial charge is 0.268 e. The van der Waals surface area contributed by atoms with Gasteiger partial charge < -0.3 is 15.0 Å². The third-order valence-corrected chi connectivity index (χ3v) is 5.01. The Morgan fingerprint density at radius 3 is 2.61 bits per heavy atom. The van der Waals surface area contributed by atoms with E-state index < -0.39 is 5.54 Å². The summed E-state index contributed by atoms with van der Waals surface area (Å²) in [5.74, 6) is 2.10. The van der Waals surface area contributed by atoms with Crippen LogP contribution >= 0.6 is 12.4 Å². The summed E-state index contributed by atoms with van der Waals surface area (Å²) in [7, 11) is 0. The number of rotatable bonds is 2. The van der Waals surface area contributed by atoms with E-state index in [0.29, 0.717) is 11.7 Å². The van der Waals surface area contributed by atoms with Gasteiger partial charge in [0.05, 0.1) is 5.54 Å². The van der Waals surface area contributed by atoms with Crippen LogP contribution in [0.25, 0.3) is 0 Å². The molecule has 1 aromatic heterocycles. The van der Waals surface area contributed by atoms with Gasteiger partial charge in [-0.25, -0.2) is 0 Å². The fraction of sp³-hybridized carbons (Fsp3) is 0.529. The topological polar surface area (TPSA) is 74.2 Å². The van der Waals surface area contributed by atoms with Crippen LogP contribution in [0.4, 0.5) is 0 Å². The van der Waals surface area contributed by atoms with E-state index in [-0.39, 0.29) is 18.5 Å². The van der Waals surface area contributed by atoms with Crippen LogP contribution in [0.5, 0.6) is 5.75 Å². The molecule has 1 aliphatic carbocycles. The van der Waals surface area contributed by atoms with Crippen molar-refractivity contribution in [2.75, 3.05) is 0 Å². The van der Waals surface area contributed by atoms with Crippen LogP contribution < -0.4 is 10.5 Å². The Morgan fingerprint density at radius 1 is 1.17 bits per heavy atom. The second-order valence-corrected chi connectivity index (χ2v) is 6.67. The van der Waals surface area contributed by atoms with Crippen molar-refractivity contribution >= 4 is 12.4 Å². The molecule has 0 bridgehead atoms. The van der Waals surface area contributed by atoms with E-state index >= 15 is 0 Å². The molecule has 4 rings (SSSR count). The van der Waals surface area contributed by atoms with Crippen LogP contribution in [-0.2, 0) is 12.0 Å². The van der Waals surface area contributed by atoms with Crippen molar-refractivity contribution in [1.29, 1.82) is 0 Å². The van der Waals surface area contributed by atoms with Crippen molar-refractivity contribution < 1.29 is 9.26 Å². The molecule has 1 fully saturated rings. The zero-order chi connectivity index (χ0) is 15.3. The molecule has 2 aromatic rings. The van der Waals surface area contributed by atoms with Gasteiger partial charge in [0.25, 0.3) is 5.89 Å². The average molecular weight is 336 g/mol. The van der Waals surface area contributed by atoms with E-state index in [4.69, 9.17) is 15.0 Å². The summed E-state index contributed by atoms with van der Waals surface area (Å²) >= 11 is 0. The van der Waals surface area contributed by atoms with Gasteiger partial charge in [-0.1, -0.05) is 24.1 Å². The number of hydrogen-bond acceptors (Lipinski definition) is 5. The van der Waals surface area contributed by atoms with E-state index in [1.807, 2.05) is 0 Å². The van der Waals surface area contributed by atoms with Crippen molar-refractivity contribution in [2.24, 2.45) is 5.73 Å². The lowest BCUT2D eigenvalue weighted by atomic mass is 9.98. The van der Waals surface area contributed by atoms with Crippen molar-refractivity contribution in [3.63, 3.8) is 0 Å². The van der Waals surface area contributed by atoms with Gasteiger partial charge in [0.2, 0.25) is 0 Å². The first kappa shape index (κ1) is 16.3. The zero-order valence-corrected chi connectivity index (χ0v) is 14.3. The summed E-state index contributed by atoms with van der Waals surface area (Å²) in [6.07, 6.45) is 4.69. The largest absolute Gasteiger partial charge is 0.480 e. The van der Waals surface area contributed by atoms with Gasteiger partial charge in [0.1, 0.15) is 5.75 Å². The van der Waals surface area contributed by atoms with Gasteiger partial charge in [-0.15, -0.1) is 12.4 Å². The van der Waals surface area contributed by atoms with Gasteiger partial charge in [-0.05, 0) is 49.4 Å². The van der Waals surface area contributed by atoms with Crippen LogP contribution in [-0.4, -0.2) is 10.1 Å². The molecule has 5 nitrogen and oxygen atoms in total. The van der Waals surface area contributed by atoms with Crippen LogP contribution in [0, 0.1) is 13.8 Å². The number of nitrogens with two attached hydrogens (primary N) is 1. The Bertz CT molecular complexity index is 692. The number of aryl methyl sites for hydroxylation is 2.